The van der Waals surface area contributed by atoms with Gasteiger partial charge in [0.25, 0.3) is 0 Å². The summed E-state index contributed by atoms with van der Waals surface area (Å²) in [6.07, 6.45) is 1.66. The van der Waals surface area contributed by atoms with Crippen LogP contribution in [0.1, 0.15) is 11.3 Å². The zero-order chi connectivity index (χ0) is 13.1. The molecule has 18 heavy (non-hydrogen) atoms. The van der Waals surface area contributed by atoms with Crippen molar-refractivity contribution >= 4 is 15.9 Å². The van der Waals surface area contributed by atoms with Crippen molar-refractivity contribution < 1.29 is 9.13 Å². The van der Waals surface area contributed by atoms with E-state index in [-0.39, 0.29) is 12.4 Å². The maximum absolute atomic E-state index is 13.0. The third-order valence-corrected chi connectivity index (χ3v) is 2.88. The SMILES string of the molecule is Cc1cc(F)ccc1Oc1cc(Br)cnc1CN. The normalized spacial score (nSPS) is 10.4. The van der Waals surface area contributed by atoms with Crippen LogP contribution in [0.2, 0.25) is 0 Å². The Bertz CT molecular complexity index is 575. The number of halogens is 2. The number of rotatable bonds is 3. The van der Waals surface area contributed by atoms with Gasteiger partial charge in [0.1, 0.15) is 11.6 Å². The van der Waals surface area contributed by atoms with Crippen LogP contribution in [0.3, 0.4) is 0 Å². The summed E-state index contributed by atoms with van der Waals surface area (Å²) in [5.41, 5.74) is 6.97. The number of hydrogen-bond acceptors (Lipinski definition) is 3. The molecule has 0 saturated heterocycles. The highest BCUT2D eigenvalue weighted by atomic mass is 79.9. The topological polar surface area (TPSA) is 48.1 Å². The molecule has 0 fully saturated rings. The van der Waals surface area contributed by atoms with Gasteiger partial charge in [-0.05, 0) is 52.7 Å². The van der Waals surface area contributed by atoms with Crippen LogP contribution in [0.4, 0.5) is 4.39 Å². The summed E-state index contributed by atoms with van der Waals surface area (Å²) in [6.45, 7) is 2.06. The third-order valence-electron chi connectivity index (χ3n) is 2.45. The van der Waals surface area contributed by atoms with Gasteiger partial charge in [0.15, 0.2) is 5.75 Å². The minimum Gasteiger partial charge on any atom is -0.455 e. The van der Waals surface area contributed by atoms with E-state index in [1.807, 2.05) is 0 Å². The minimum atomic E-state index is -0.286. The number of nitrogens with two attached hydrogens (primary N) is 1. The number of benzene rings is 1. The molecule has 1 aromatic carbocycles. The Morgan fingerprint density at radius 1 is 1.33 bits per heavy atom. The summed E-state index contributed by atoms with van der Waals surface area (Å²) in [6, 6.07) is 6.16. The van der Waals surface area contributed by atoms with Crippen LogP contribution < -0.4 is 10.5 Å². The molecule has 2 aromatic rings. The molecule has 0 unspecified atom stereocenters. The standard InChI is InChI=1S/C13H12BrFN2O/c1-8-4-10(15)2-3-12(8)18-13-5-9(14)7-17-11(13)6-16/h2-5,7H,6,16H2,1H3. The quantitative estimate of drug-likeness (QED) is 0.943. The van der Waals surface area contributed by atoms with Gasteiger partial charge in [0.2, 0.25) is 0 Å². The molecule has 0 spiro atoms. The van der Waals surface area contributed by atoms with Gasteiger partial charge in [-0.15, -0.1) is 0 Å². The zero-order valence-electron chi connectivity index (χ0n) is 9.78. The van der Waals surface area contributed by atoms with Crippen molar-refractivity contribution in [2.45, 2.75) is 13.5 Å². The number of nitrogens with zero attached hydrogens (tertiary/aromatic N) is 1. The predicted molar refractivity (Wildman–Crippen MR) is 71.0 cm³/mol. The first kappa shape index (κ1) is 13.0. The fourth-order valence-electron chi connectivity index (χ4n) is 1.54. The Labute approximate surface area is 113 Å². The van der Waals surface area contributed by atoms with Gasteiger partial charge in [0, 0.05) is 17.2 Å². The second-order valence-electron chi connectivity index (χ2n) is 3.81. The van der Waals surface area contributed by atoms with Gasteiger partial charge < -0.3 is 10.5 Å². The predicted octanol–water partition coefficient (Wildman–Crippen LogP) is 3.54. The fourth-order valence-corrected chi connectivity index (χ4v) is 1.85. The molecule has 3 nitrogen and oxygen atoms in total. The zero-order valence-corrected chi connectivity index (χ0v) is 11.4. The summed E-state index contributed by atoms with van der Waals surface area (Å²) in [7, 11) is 0. The van der Waals surface area contributed by atoms with Gasteiger partial charge in [0.05, 0.1) is 5.69 Å². The van der Waals surface area contributed by atoms with Crippen LogP contribution in [0.5, 0.6) is 11.5 Å². The third kappa shape index (κ3) is 2.86. The van der Waals surface area contributed by atoms with E-state index >= 15 is 0 Å². The molecular weight excluding hydrogens is 299 g/mol. The fraction of sp³-hybridized carbons (Fsp3) is 0.154. The minimum absolute atomic E-state index is 0.281. The molecule has 0 radical (unpaired) electrons. The van der Waals surface area contributed by atoms with Crippen molar-refractivity contribution in [3.8, 4) is 11.5 Å². The molecule has 1 aromatic heterocycles. The largest absolute Gasteiger partial charge is 0.455 e. The Kier molecular flexibility index (Phi) is 3.93. The second-order valence-corrected chi connectivity index (χ2v) is 4.73. The average Bonchev–Trinajstić information content (AvgIpc) is 2.33. The summed E-state index contributed by atoms with van der Waals surface area (Å²) in [5.74, 6) is 0.874. The molecule has 5 heteroatoms. The van der Waals surface area contributed by atoms with E-state index in [0.717, 1.165) is 10.0 Å². The lowest BCUT2D eigenvalue weighted by atomic mass is 10.2. The van der Waals surface area contributed by atoms with Crippen molar-refractivity contribution in [1.29, 1.82) is 0 Å². The molecule has 94 valence electrons. The van der Waals surface area contributed by atoms with Crippen molar-refractivity contribution in [2.75, 3.05) is 0 Å². The monoisotopic (exact) mass is 310 g/mol. The van der Waals surface area contributed by atoms with E-state index in [1.54, 1.807) is 25.3 Å². The first-order valence-corrected chi connectivity index (χ1v) is 6.18. The second kappa shape index (κ2) is 5.46. The highest BCUT2D eigenvalue weighted by molar-refractivity contribution is 9.10. The van der Waals surface area contributed by atoms with E-state index < -0.39 is 0 Å². The summed E-state index contributed by atoms with van der Waals surface area (Å²) >= 11 is 3.33. The molecule has 0 bridgehead atoms. The number of hydrogen-bond donors (Lipinski definition) is 1. The molecule has 2 rings (SSSR count). The Morgan fingerprint density at radius 3 is 2.78 bits per heavy atom. The van der Waals surface area contributed by atoms with E-state index in [2.05, 4.69) is 20.9 Å². The number of ether oxygens (including phenoxy) is 1. The van der Waals surface area contributed by atoms with Crippen LogP contribution in [0, 0.1) is 12.7 Å². The smallest absolute Gasteiger partial charge is 0.151 e. The highest BCUT2D eigenvalue weighted by Crippen LogP contribution is 2.29. The molecule has 0 atom stereocenters. The van der Waals surface area contributed by atoms with Crippen LogP contribution in [-0.2, 0) is 6.54 Å². The van der Waals surface area contributed by atoms with E-state index in [9.17, 15) is 4.39 Å². The molecule has 0 aliphatic heterocycles. The molecule has 0 saturated carbocycles. The molecule has 2 N–H and O–H groups in total. The lowest BCUT2D eigenvalue weighted by molar-refractivity contribution is 0.466. The molecule has 0 aliphatic carbocycles. The number of aryl methyl sites for hydroxylation is 1. The van der Waals surface area contributed by atoms with Crippen molar-refractivity contribution in [3.05, 3.63) is 52.0 Å². The van der Waals surface area contributed by atoms with Crippen LogP contribution in [0.15, 0.2) is 34.9 Å². The van der Waals surface area contributed by atoms with Crippen LogP contribution in [0.25, 0.3) is 0 Å². The molecule has 0 amide bonds. The van der Waals surface area contributed by atoms with Gasteiger partial charge in [-0.1, -0.05) is 0 Å². The summed E-state index contributed by atoms with van der Waals surface area (Å²) in [4.78, 5) is 4.17. The highest BCUT2D eigenvalue weighted by Gasteiger charge is 2.08. The Morgan fingerprint density at radius 2 is 2.11 bits per heavy atom. The van der Waals surface area contributed by atoms with E-state index in [1.165, 1.54) is 12.1 Å². The van der Waals surface area contributed by atoms with E-state index in [4.69, 9.17) is 10.5 Å². The maximum atomic E-state index is 13.0. The van der Waals surface area contributed by atoms with Crippen molar-refractivity contribution in [2.24, 2.45) is 5.73 Å². The molecular formula is C13H12BrFN2O. The molecule has 0 aliphatic rings. The first-order chi connectivity index (χ1) is 8.60. The number of pyridine rings is 1. The lowest BCUT2D eigenvalue weighted by Crippen LogP contribution is -2.02. The van der Waals surface area contributed by atoms with E-state index in [0.29, 0.717) is 17.2 Å². The Hall–Kier alpha value is -1.46. The van der Waals surface area contributed by atoms with Gasteiger partial charge in [-0.25, -0.2) is 4.39 Å². The van der Waals surface area contributed by atoms with Gasteiger partial charge in [-0.3, -0.25) is 4.98 Å². The van der Waals surface area contributed by atoms with Crippen molar-refractivity contribution in [1.82, 2.24) is 4.98 Å². The maximum Gasteiger partial charge on any atom is 0.151 e. The average molecular weight is 311 g/mol. The Balaban J connectivity index is 2.36. The summed E-state index contributed by atoms with van der Waals surface area (Å²) in [5, 5.41) is 0. The van der Waals surface area contributed by atoms with Crippen molar-refractivity contribution in [3.63, 3.8) is 0 Å². The lowest BCUT2D eigenvalue weighted by Gasteiger charge is -2.11. The van der Waals surface area contributed by atoms with Crippen LogP contribution >= 0.6 is 15.9 Å². The number of aromatic nitrogens is 1. The molecule has 1 heterocycles. The van der Waals surface area contributed by atoms with Gasteiger partial charge >= 0.3 is 0 Å². The van der Waals surface area contributed by atoms with Gasteiger partial charge in [-0.2, -0.15) is 0 Å². The van der Waals surface area contributed by atoms with Crippen LogP contribution in [-0.4, -0.2) is 4.98 Å². The first-order valence-electron chi connectivity index (χ1n) is 5.38. The summed E-state index contributed by atoms with van der Waals surface area (Å²) < 4.78 is 19.5.